The molecule has 0 fully saturated rings. The topological polar surface area (TPSA) is 116 Å². The molecule has 0 amide bonds. The Hall–Kier alpha value is -3.23. The molecule has 7 heteroatoms. The van der Waals surface area contributed by atoms with E-state index in [2.05, 4.69) is 15.1 Å². The lowest BCUT2D eigenvalue weighted by Gasteiger charge is -2.04. The molecule has 0 saturated carbocycles. The number of nitrogens with two attached hydrogens (primary N) is 1. The molecule has 2 aromatic rings. The lowest BCUT2D eigenvalue weighted by Crippen LogP contribution is -2.02. The van der Waals surface area contributed by atoms with Crippen LogP contribution >= 0.6 is 0 Å². The van der Waals surface area contributed by atoms with Crippen LogP contribution in [-0.2, 0) is 0 Å². The Kier molecular flexibility index (Phi) is 4.59. The van der Waals surface area contributed by atoms with Crippen molar-refractivity contribution in [2.75, 3.05) is 12.3 Å². The molecule has 0 aliphatic heterocycles. The van der Waals surface area contributed by atoms with E-state index in [9.17, 15) is 0 Å². The molecular formula is C14H13N7. The van der Waals surface area contributed by atoms with Crippen molar-refractivity contribution in [2.24, 2.45) is 5.11 Å². The van der Waals surface area contributed by atoms with E-state index in [4.69, 9.17) is 16.5 Å². The summed E-state index contributed by atoms with van der Waals surface area (Å²) < 4.78 is 1.52. The number of rotatable bonds is 5. The molecule has 0 atom stereocenters. The zero-order valence-electron chi connectivity index (χ0n) is 11.2. The van der Waals surface area contributed by atoms with Gasteiger partial charge in [0, 0.05) is 11.5 Å². The smallest absolute Gasteiger partial charge is 0.145 e. The number of benzene rings is 1. The molecule has 1 heterocycles. The summed E-state index contributed by atoms with van der Waals surface area (Å²) >= 11 is 0. The van der Waals surface area contributed by atoms with Gasteiger partial charge in [-0.3, -0.25) is 0 Å². The van der Waals surface area contributed by atoms with Crippen LogP contribution in [0.15, 0.2) is 41.7 Å². The van der Waals surface area contributed by atoms with Gasteiger partial charge in [0.1, 0.15) is 17.5 Å². The number of anilines is 1. The lowest BCUT2D eigenvalue weighted by molar-refractivity contribution is 0.891. The van der Waals surface area contributed by atoms with Gasteiger partial charge in [-0.2, -0.15) is 10.4 Å². The van der Waals surface area contributed by atoms with Gasteiger partial charge in [-0.1, -0.05) is 29.4 Å². The predicted octanol–water partition coefficient (Wildman–Crippen LogP) is 3.04. The van der Waals surface area contributed by atoms with Crippen LogP contribution in [0.3, 0.4) is 0 Å². The van der Waals surface area contributed by atoms with Crippen molar-refractivity contribution in [1.82, 2.24) is 9.78 Å². The molecule has 0 bridgehead atoms. The van der Waals surface area contributed by atoms with E-state index in [1.165, 1.54) is 10.9 Å². The first-order chi connectivity index (χ1) is 10.3. The van der Waals surface area contributed by atoms with Gasteiger partial charge in [-0.25, -0.2) is 4.68 Å². The van der Waals surface area contributed by atoms with Crippen molar-refractivity contribution in [1.29, 1.82) is 5.26 Å². The van der Waals surface area contributed by atoms with Crippen molar-refractivity contribution < 1.29 is 0 Å². The van der Waals surface area contributed by atoms with Crippen LogP contribution in [0.1, 0.15) is 17.5 Å². The summed E-state index contributed by atoms with van der Waals surface area (Å²) in [6.07, 6.45) is 6.03. The molecule has 1 aromatic carbocycles. The average Bonchev–Trinajstić information content (AvgIpc) is 2.88. The molecule has 0 saturated heterocycles. The van der Waals surface area contributed by atoms with Crippen LogP contribution in [0.2, 0.25) is 0 Å². The number of aromatic nitrogens is 2. The van der Waals surface area contributed by atoms with Gasteiger partial charge in [0.2, 0.25) is 0 Å². The van der Waals surface area contributed by atoms with Crippen molar-refractivity contribution in [3.63, 3.8) is 0 Å². The number of nitrogen functional groups attached to an aromatic ring is 1. The van der Waals surface area contributed by atoms with E-state index in [1.54, 1.807) is 0 Å². The van der Waals surface area contributed by atoms with Crippen molar-refractivity contribution in [3.05, 3.63) is 58.1 Å². The molecule has 0 aliphatic carbocycles. The van der Waals surface area contributed by atoms with Gasteiger partial charge in [0.25, 0.3) is 0 Å². The van der Waals surface area contributed by atoms with Crippen LogP contribution < -0.4 is 5.73 Å². The third-order valence-corrected chi connectivity index (χ3v) is 2.83. The van der Waals surface area contributed by atoms with Gasteiger partial charge in [0.05, 0.1) is 11.9 Å². The number of nitriles is 1. The number of hydrogen-bond donors (Lipinski definition) is 1. The van der Waals surface area contributed by atoms with Crippen molar-refractivity contribution >= 4 is 11.9 Å². The predicted molar refractivity (Wildman–Crippen MR) is 80.4 cm³/mol. The number of nitrogens with zero attached hydrogens (tertiary/aromatic N) is 6. The Bertz CT molecular complexity index is 728. The van der Waals surface area contributed by atoms with Crippen LogP contribution in [0.5, 0.6) is 0 Å². The highest BCUT2D eigenvalue weighted by molar-refractivity contribution is 5.55. The molecule has 104 valence electrons. The molecule has 2 rings (SSSR count). The van der Waals surface area contributed by atoms with Crippen molar-refractivity contribution in [2.45, 2.75) is 6.42 Å². The zero-order valence-corrected chi connectivity index (χ0v) is 11.2. The first kappa shape index (κ1) is 14.2. The molecule has 7 nitrogen and oxygen atoms in total. The minimum Gasteiger partial charge on any atom is -0.382 e. The number of azide groups is 1. The second kappa shape index (κ2) is 6.80. The summed E-state index contributed by atoms with van der Waals surface area (Å²) in [4.78, 5) is 2.69. The second-order valence-electron chi connectivity index (χ2n) is 4.20. The van der Waals surface area contributed by atoms with Gasteiger partial charge in [-0.05, 0) is 29.6 Å². The SMILES string of the molecule is N#Cc1cnn(-c2ccc(C=CCCN=[N+]=[N-])cc2)c1N. The van der Waals surface area contributed by atoms with E-state index < -0.39 is 0 Å². The molecule has 0 unspecified atom stereocenters. The van der Waals surface area contributed by atoms with E-state index in [-0.39, 0.29) is 0 Å². The van der Waals surface area contributed by atoms with Crippen molar-refractivity contribution in [3.8, 4) is 11.8 Å². The highest BCUT2D eigenvalue weighted by atomic mass is 15.3. The largest absolute Gasteiger partial charge is 0.382 e. The third-order valence-electron chi connectivity index (χ3n) is 2.83. The van der Waals surface area contributed by atoms with Gasteiger partial charge in [0.15, 0.2) is 0 Å². The zero-order chi connectivity index (χ0) is 15.1. The molecule has 0 spiro atoms. The third kappa shape index (κ3) is 3.41. The summed E-state index contributed by atoms with van der Waals surface area (Å²) in [6.45, 7) is 0.450. The fourth-order valence-corrected chi connectivity index (χ4v) is 1.77. The average molecular weight is 279 g/mol. The van der Waals surface area contributed by atoms with Crippen LogP contribution in [0.25, 0.3) is 22.2 Å². The normalized spacial score (nSPS) is 10.2. The van der Waals surface area contributed by atoms with Crippen LogP contribution in [0, 0.1) is 11.3 Å². The minimum atomic E-state index is 0.329. The highest BCUT2D eigenvalue weighted by Crippen LogP contribution is 2.17. The van der Waals surface area contributed by atoms with E-state index in [1.807, 2.05) is 42.5 Å². The maximum absolute atomic E-state index is 8.86. The Labute approximate surface area is 121 Å². The monoisotopic (exact) mass is 279 g/mol. The standard InChI is InChI=1S/C14H13N7/c15-9-12-10-19-21(14(12)16)13-6-4-11(5-7-13)3-1-2-8-18-20-17/h1,3-7,10H,2,8,16H2. The summed E-state index contributed by atoms with van der Waals surface area (Å²) in [6, 6.07) is 9.58. The Morgan fingerprint density at radius 1 is 1.43 bits per heavy atom. The Morgan fingerprint density at radius 2 is 2.19 bits per heavy atom. The van der Waals surface area contributed by atoms with E-state index in [0.717, 1.165) is 11.3 Å². The molecule has 21 heavy (non-hydrogen) atoms. The molecule has 0 radical (unpaired) electrons. The maximum atomic E-state index is 8.86. The highest BCUT2D eigenvalue weighted by Gasteiger charge is 2.07. The van der Waals surface area contributed by atoms with Crippen LogP contribution in [-0.4, -0.2) is 16.3 Å². The van der Waals surface area contributed by atoms with E-state index in [0.29, 0.717) is 24.3 Å². The fourth-order valence-electron chi connectivity index (χ4n) is 1.77. The summed E-state index contributed by atoms with van der Waals surface area (Å²) in [5.74, 6) is 0.329. The first-order valence-corrected chi connectivity index (χ1v) is 6.27. The molecule has 1 aromatic heterocycles. The molecule has 0 aliphatic rings. The minimum absolute atomic E-state index is 0.329. The maximum Gasteiger partial charge on any atom is 0.145 e. The van der Waals surface area contributed by atoms with Gasteiger partial charge >= 0.3 is 0 Å². The van der Waals surface area contributed by atoms with Crippen LogP contribution in [0.4, 0.5) is 5.82 Å². The lowest BCUT2D eigenvalue weighted by atomic mass is 10.2. The van der Waals surface area contributed by atoms with E-state index >= 15 is 0 Å². The Balaban J connectivity index is 2.10. The first-order valence-electron chi connectivity index (χ1n) is 6.27. The summed E-state index contributed by atoms with van der Waals surface area (Å²) in [5, 5.41) is 16.4. The summed E-state index contributed by atoms with van der Waals surface area (Å²) in [7, 11) is 0. The fraction of sp³-hybridized carbons (Fsp3) is 0.143. The number of hydrogen-bond acceptors (Lipinski definition) is 4. The van der Waals surface area contributed by atoms with Gasteiger partial charge < -0.3 is 5.73 Å². The molecule has 2 N–H and O–H groups in total. The quantitative estimate of drug-likeness (QED) is 0.392. The molecular weight excluding hydrogens is 266 g/mol. The Morgan fingerprint density at radius 3 is 2.81 bits per heavy atom. The summed E-state index contributed by atoms with van der Waals surface area (Å²) in [5.41, 5.74) is 16.2. The van der Waals surface area contributed by atoms with Gasteiger partial charge in [-0.15, -0.1) is 0 Å². The second-order valence-corrected chi connectivity index (χ2v) is 4.20.